The summed E-state index contributed by atoms with van der Waals surface area (Å²) >= 11 is 0. The first kappa shape index (κ1) is 10.6. The Bertz CT molecular complexity index is 700. The lowest BCUT2D eigenvalue weighted by Crippen LogP contribution is -2.47. The van der Waals surface area contributed by atoms with Gasteiger partial charge < -0.3 is 4.74 Å². The number of carbonyl (C=O) groups excluding carboxylic acids is 2. The van der Waals surface area contributed by atoms with Gasteiger partial charge in [-0.2, -0.15) is 0 Å². The molecule has 1 aliphatic rings. The lowest BCUT2D eigenvalue weighted by Gasteiger charge is -2.21. The lowest BCUT2D eigenvalue weighted by atomic mass is 10.2. The van der Waals surface area contributed by atoms with Crippen molar-refractivity contribution < 1.29 is 14.3 Å². The monoisotopic (exact) mass is 247 g/mol. The number of imide groups is 1. The highest BCUT2D eigenvalue weighted by atomic mass is 16.6. The second-order valence-corrected chi connectivity index (χ2v) is 3.94. The Morgan fingerprint density at radius 2 is 2.00 bits per heavy atom. The van der Waals surface area contributed by atoms with Crippen molar-refractivity contribution in [2.75, 3.05) is 6.61 Å². The smallest absolute Gasteiger partial charge is 0.413 e. The molecule has 2 aromatic rings. The van der Waals surface area contributed by atoms with E-state index in [-0.39, 0.29) is 12.2 Å². The van der Waals surface area contributed by atoms with E-state index >= 15 is 0 Å². The number of hydrogen-bond donors (Lipinski definition) is 2. The van der Waals surface area contributed by atoms with Gasteiger partial charge in [-0.3, -0.25) is 20.0 Å². The zero-order chi connectivity index (χ0) is 12.7. The average Bonchev–Trinajstić information content (AvgIpc) is 2.68. The summed E-state index contributed by atoms with van der Waals surface area (Å²) in [5, 5.41) is 5.34. The zero-order valence-electron chi connectivity index (χ0n) is 9.17. The van der Waals surface area contributed by atoms with Crippen molar-refractivity contribution in [3.05, 3.63) is 34.6 Å². The third-order valence-corrected chi connectivity index (χ3v) is 2.83. The number of H-pyrrole nitrogens is 1. The van der Waals surface area contributed by atoms with Gasteiger partial charge in [0.2, 0.25) is 0 Å². The van der Waals surface area contributed by atoms with Gasteiger partial charge in [-0.1, -0.05) is 12.1 Å². The van der Waals surface area contributed by atoms with Crippen molar-refractivity contribution in [1.82, 2.24) is 15.1 Å². The van der Waals surface area contributed by atoms with Crippen LogP contribution in [0.5, 0.6) is 0 Å². The van der Waals surface area contributed by atoms with Crippen LogP contribution < -0.4 is 10.9 Å². The molecule has 0 unspecified atom stereocenters. The quantitative estimate of drug-likeness (QED) is 0.749. The van der Waals surface area contributed by atoms with Crippen molar-refractivity contribution in [1.29, 1.82) is 0 Å². The first-order chi connectivity index (χ1) is 8.66. The van der Waals surface area contributed by atoms with E-state index < -0.39 is 18.0 Å². The Kier molecular flexibility index (Phi) is 2.19. The van der Waals surface area contributed by atoms with Gasteiger partial charge in [0.15, 0.2) is 6.04 Å². The highest BCUT2D eigenvalue weighted by molar-refractivity contribution is 5.96. The number of benzene rings is 1. The Labute approximate surface area is 100 Å². The molecular weight excluding hydrogens is 238 g/mol. The zero-order valence-corrected chi connectivity index (χ0v) is 9.17. The molecule has 1 fully saturated rings. The van der Waals surface area contributed by atoms with Gasteiger partial charge in [0.25, 0.3) is 11.5 Å². The molecule has 2 N–H and O–H groups in total. The van der Waals surface area contributed by atoms with Crippen molar-refractivity contribution in [2.45, 2.75) is 6.04 Å². The molecule has 1 aromatic carbocycles. The first-order valence-corrected chi connectivity index (χ1v) is 5.33. The van der Waals surface area contributed by atoms with Crippen LogP contribution in [-0.2, 0) is 9.53 Å². The van der Waals surface area contributed by atoms with E-state index in [2.05, 4.69) is 5.10 Å². The van der Waals surface area contributed by atoms with Crippen molar-refractivity contribution >= 4 is 22.9 Å². The number of fused-ring (bicyclic) bond motifs is 1. The van der Waals surface area contributed by atoms with E-state index in [0.29, 0.717) is 10.9 Å². The number of cyclic esters (lactones) is 1. The fourth-order valence-electron chi connectivity index (χ4n) is 1.94. The van der Waals surface area contributed by atoms with Gasteiger partial charge in [-0.25, -0.2) is 9.48 Å². The van der Waals surface area contributed by atoms with Crippen LogP contribution in [0.1, 0.15) is 6.04 Å². The van der Waals surface area contributed by atoms with Crippen LogP contribution in [0, 0.1) is 0 Å². The number of nitrogens with one attached hydrogen (secondary N) is 2. The number of amides is 2. The molecule has 18 heavy (non-hydrogen) atoms. The number of ether oxygens (including phenoxy) is 1. The molecule has 0 bridgehead atoms. The molecule has 0 aliphatic carbocycles. The summed E-state index contributed by atoms with van der Waals surface area (Å²) in [7, 11) is 0. The molecule has 0 spiro atoms. The summed E-state index contributed by atoms with van der Waals surface area (Å²) in [5.41, 5.74) is 0.316. The van der Waals surface area contributed by atoms with Gasteiger partial charge in [0.1, 0.15) is 6.61 Å². The topological polar surface area (TPSA) is 93.2 Å². The van der Waals surface area contributed by atoms with Crippen LogP contribution in [0.2, 0.25) is 0 Å². The van der Waals surface area contributed by atoms with Crippen molar-refractivity contribution in [3.8, 4) is 0 Å². The van der Waals surface area contributed by atoms with Crippen molar-refractivity contribution in [3.63, 3.8) is 0 Å². The number of para-hydroxylation sites is 1. The van der Waals surface area contributed by atoms with Crippen LogP contribution in [0.15, 0.2) is 29.1 Å². The molecule has 1 atom stereocenters. The first-order valence-electron chi connectivity index (χ1n) is 5.33. The summed E-state index contributed by atoms with van der Waals surface area (Å²) in [6.07, 6.45) is -0.791. The summed E-state index contributed by atoms with van der Waals surface area (Å²) in [5.74, 6) is -0.556. The Balaban J connectivity index is 2.09. The minimum absolute atomic E-state index is 0.155. The molecule has 2 heterocycles. The molecule has 2 amide bonds. The Morgan fingerprint density at radius 3 is 2.72 bits per heavy atom. The number of aromatic nitrogens is 2. The summed E-state index contributed by atoms with van der Waals surface area (Å²) in [6, 6.07) is 6.06. The summed E-state index contributed by atoms with van der Waals surface area (Å²) in [4.78, 5) is 34.6. The third kappa shape index (κ3) is 1.48. The fourth-order valence-corrected chi connectivity index (χ4v) is 1.94. The third-order valence-electron chi connectivity index (χ3n) is 2.83. The van der Waals surface area contributed by atoms with E-state index in [1.807, 2.05) is 5.32 Å². The van der Waals surface area contributed by atoms with Crippen LogP contribution in [0.3, 0.4) is 0 Å². The number of aromatic amines is 1. The number of hydrogen-bond acceptors (Lipinski definition) is 4. The van der Waals surface area contributed by atoms with E-state index in [9.17, 15) is 14.4 Å². The maximum atomic E-state index is 12.1. The molecule has 0 radical (unpaired) electrons. The second kappa shape index (κ2) is 3.73. The van der Waals surface area contributed by atoms with Gasteiger partial charge >= 0.3 is 6.09 Å². The fraction of sp³-hybridized carbons (Fsp3) is 0.182. The molecule has 1 aliphatic heterocycles. The second-order valence-electron chi connectivity index (χ2n) is 3.94. The van der Waals surface area contributed by atoms with E-state index in [4.69, 9.17) is 4.74 Å². The lowest BCUT2D eigenvalue weighted by molar-refractivity contribution is -0.127. The number of alkyl carbamates (subject to hydrolysis) is 1. The standard InChI is InChI=1S/C11H9N3O4/c15-9-8(5-18-11(17)12-9)14-10(16)6-3-1-2-4-7(6)13-14/h1-4,8,13H,5H2,(H,12,15,17)/t8-/m0/s1. The highest BCUT2D eigenvalue weighted by Crippen LogP contribution is 2.13. The molecule has 1 saturated heterocycles. The van der Waals surface area contributed by atoms with Crippen LogP contribution in [-0.4, -0.2) is 28.4 Å². The minimum Gasteiger partial charge on any atom is -0.446 e. The highest BCUT2D eigenvalue weighted by Gasteiger charge is 2.31. The maximum absolute atomic E-state index is 12.1. The van der Waals surface area contributed by atoms with E-state index in [0.717, 1.165) is 0 Å². The maximum Gasteiger partial charge on any atom is 0.413 e. The van der Waals surface area contributed by atoms with Crippen LogP contribution >= 0.6 is 0 Å². The largest absolute Gasteiger partial charge is 0.446 e. The summed E-state index contributed by atoms with van der Waals surface area (Å²) in [6.45, 7) is -0.155. The molecule has 0 saturated carbocycles. The predicted molar refractivity (Wildman–Crippen MR) is 61.1 cm³/mol. The average molecular weight is 247 g/mol. The molecule has 92 valence electrons. The molecule has 7 nitrogen and oxygen atoms in total. The van der Waals surface area contributed by atoms with Gasteiger partial charge in [-0.05, 0) is 12.1 Å². The van der Waals surface area contributed by atoms with Gasteiger partial charge in [0.05, 0.1) is 10.9 Å². The number of carbonyl (C=O) groups is 2. The van der Waals surface area contributed by atoms with Crippen LogP contribution in [0.4, 0.5) is 4.79 Å². The van der Waals surface area contributed by atoms with E-state index in [1.54, 1.807) is 24.3 Å². The SMILES string of the molecule is O=C1NC(=O)[C@@H](n2[nH]c3ccccc3c2=O)CO1. The van der Waals surface area contributed by atoms with E-state index in [1.165, 1.54) is 4.68 Å². The van der Waals surface area contributed by atoms with Crippen molar-refractivity contribution in [2.24, 2.45) is 0 Å². The molecule has 1 aromatic heterocycles. The molecule has 3 rings (SSSR count). The number of nitrogens with zero attached hydrogens (tertiary/aromatic N) is 1. The Morgan fingerprint density at radius 1 is 1.22 bits per heavy atom. The van der Waals surface area contributed by atoms with Gasteiger partial charge in [-0.15, -0.1) is 0 Å². The number of rotatable bonds is 1. The Hall–Kier alpha value is -2.57. The molecule has 7 heteroatoms. The molecular formula is C11H9N3O4. The van der Waals surface area contributed by atoms with Gasteiger partial charge in [0, 0.05) is 0 Å². The minimum atomic E-state index is -0.859. The predicted octanol–water partition coefficient (Wildman–Crippen LogP) is 0.137. The summed E-state index contributed by atoms with van der Waals surface area (Å²) < 4.78 is 5.89. The normalized spacial score (nSPS) is 19.7. The van der Waals surface area contributed by atoms with Crippen LogP contribution in [0.25, 0.3) is 10.9 Å².